The van der Waals surface area contributed by atoms with Crippen molar-refractivity contribution in [2.45, 2.75) is 13.3 Å². The van der Waals surface area contributed by atoms with Gasteiger partial charge >= 0.3 is 0 Å². The molecule has 0 spiro atoms. The molecule has 0 aromatic rings. The molecular weight excluding hydrogens is 113 g/mol. The van der Waals surface area contributed by atoms with E-state index >= 15 is 0 Å². The third kappa shape index (κ3) is 2.52. The van der Waals surface area contributed by atoms with Gasteiger partial charge in [-0.1, -0.05) is 0 Å². The molecule has 0 aliphatic heterocycles. The van der Waals surface area contributed by atoms with Gasteiger partial charge in [0.15, 0.2) is 0 Å². The van der Waals surface area contributed by atoms with Crippen molar-refractivity contribution in [3.63, 3.8) is 0 Å². The van der Waals surface area contributed by atoms with E-state index in [1.54, 1.807) is 6.92 Å². The number of alkyl halides is 1. The van der Waals surface area contributed by atoms with Crippen LogP contribution in [0.15, 0.2) is 0 Å². The first-order valence-electron chi connectivity index (χ1n) is 2.23. The van der Waals surface area contributed by atoms with Gasteiger partial charge in [0.2, 0.25) is 0 Å². The molecular formula is C4H8FNO2. The second kappa shape index (κ2) is 3.37. The van der Waals surface area contributed by atoms with Crippen molar-refractivity contribution in [2.75, 3.05) is 6.61 Å². The summed E-state index contributed by atoms with van der Waals surface area (Å²) in [5.41, 5.74) is 4.48. The third-order valence-electron chi connectivity index (χ3n) is 0.537. The van der Waals surface area contributed by atoms with Crippen LogP contribution in [0.1, 0.15) is 6.92 Å². The fraction of sp³-hybridized carbons (Fsp3) is 0.750. The number of halogens is 1. The van der Waals surface area contributed by atoms with Gasteiger partial charge in [0, 0.05) is 6.61 Å². The summed E-state index contributed by atoms with van der Waals surface area (Å²) >= 11 is 0. The molecule has 1 atom stereocenters. The van der Waals surface area contributed by atoms with Crippen LogP contribution in [0.25, 0.3) is 0 Å². The molecule has 0 fully saturated rings. The SMILES string of the molecule is CCOC(F)C(N)=O. The molecule has 0 aromatic carbocycles. The van der Waals surface area contributed by atoms with Gasteiger partial charge in [-0.25, -0.2) is 4.39 Å². The number of amides is 1. The zero-order valence-corrected chi connectivity index (χ0v) is 4.56. The van der Waals surface area contributed by atoms with Gasteiger partial charge < -0.3 is 10.5 Å². The first-order chi connectivity index (χ1) is 3.68. The summed E-state index contributed by atoms with van der Waals surface area (Å²) in [5.74, 6) is -1.08. The first-order valence-corrected chi connectivity index (χ1v) is 2.23. The normalized spacial score (nSPS) is 13.2. The molecule has 4 heteroatoms. The van der Waals surface area contributed by atoms with Crippen LogP contribution in [0, 0.1) is 0 Å². The van der Waals surface area contributed by atoms with Gasteiger partial charge in [0.1, 0.15) is 0 Å². The van der Waals surface area contributed by atoms with Gasteiger partial charge in [0.05, 0.1) is 0 Å². The molecule has 0 radical (unpaired) electrons. The van der Waals surface area contributed by atoms with E-state index in [1.165, 1.54) is 0 Å². The Hall–Kier alpha value is -0.640. The van der Waals surface area contributed by atoms with Crippen LogP contribution in [-0.2, 0) is 9.53 Å². The zero-order chi connectivity index (χ0) is 6.57. The lowest BCUT2D eigenvalue weighted by atomic mass is 10.6. The van der Waals surface area contributed by atoms with Crippen molar-refractivity contribution in [3.05, 3.63) is 0 Å². The van der Waals surface area contributed by atoms with Gasteiger partial charge in [0.25, 0.3) is 12.3 Å². The van der Waals surface area contributed by atoms with Crippen molar-refractivity contribution >= 4 is 5.91 Å². The molecule has 48 valence electrons. The number of nitrogens with two attached hydrogens (primary N) is 1. The number of rotatable bonds is 3. The topological polar surface area (TPSA) is 52.3 Å². The highest BCUT2D eigenvalue weighted by Crippen LogP contribution is 1.89. The molecule has 2 N–H and O–H groups in total. The second-order valence-electron chi connectivity index (χ2n) is 1.17. The van der Waals surface area contributed by atoms with Crippen LogP contribution < -0.4 is 5.73 Å². The summed E-state index contributed by atoms with van der Waals surface area (Å²) in [6.45, 7) is 1.74. The molecule has 0 aromatic heterocycles. The van der Waals surface area contributed by atoms with Crippen molar-refractivity contribution in [2.24, 2.45) is 5.73 Å². The van der Waals surface area contributed by atoms with Crippen LogP contribution in [0.5, 0.6) is 0 Å². The Morgan fingerprint density at radius 1 is 2.00 bits per heavy atom. The summed E-state index contributed by atoms with van der Waals surface area (Å²) in [6, 6.07) is 0. The van der Waals surface area contributed by atoms with E-state index in [1.807, 2.05) is 0 Å². The first kappa shape index (κ1) is 7.36. The largest absolute Gasteiger partial charge is 0.365 e. The zero-order valence-electron chi connectivity index (χ0n) is 4.56. The Kier molecular flexibility index (Phi) is 3.10. The number of hydrogen-bond acceptors (Lipinski definition) is 2. The molecule has 1 unspecified atom stereocenters. The highest BCUT2D eigenvalue weighted by molar-refractivity contribution is 5.77. The minimum Gasteiger partial charge on any atom is -0.365 e. The third-order valence-corrected chi connectivity index (χ3v) is 0.537. The fourth-order valence-electron chi connectivity index (χ4n) is 0.228. The summed E-state index contributed by atoms with van der Waals surface area (Å²) in [7, 11) is 0. The quantitative estimate of drug-likeness (QED) is 0.562. The van der Waals surface area contributed by atoms with Gasteiger partial charge in [-0.2, -0.15) is 0 Å². The molecule has 0 heterocycles. The van der Waals surface area contributed by atoms with E-state index in [9.17, 15) is 9.18 Å². The number of ether oxygens (including phenoxy) is 1. The maximum Gasteiger partial charge on any atom is 0.279 e. The molecule has 3 nitrogen and oxygen atoms in total. The number of primary amides is 1. The minimum absolute atomic E-state index is 0.157. The fourth-order valence-corrected chi connectivity index (χ4v) is 0.228. The van der Waals surface area contributed by atoms with Crippen LogP contribution in [-0.4, -0.2) is 18.9 Å². The maximum absolute atomic E-state index is 11.8. The van der Waals surface area contributed by atoms with E-state index in [2.05, 4.69) is 10.5 Å². The Balaban J connectivity index is 3.32. The number of carbonyl (C=O) groups is 1. The summed E-state index contributed by atoms with van der Waals surface area (Å²) in [4.78, 5) is 9.81. The standard InChI is InChI=1S/C4H8FNO2/c1-2-8-3(5)4(6)7/h3H,2H2,1H3,(H2,6,7). The molecule has 1 amide bonds. The predicted octanol–water partition coefficient (Wildman–Crippen LogP) is -0.196. The smallest absolute Gasteiger partial charge is 0.279 e. The summed E-state index contributed by atoms with van der Waals surface area (Å²) in [5, 5.41) is 0. The average Bonchev–Trinajstić information content (AvgIpc) is 1.67. The molecule has 0 rings (SSSR count). The van der Waals surface area contributed by atoms with Gasteiger partial charge in [-0.3, -0.25) is 4.79 Å². The number of carbonyl (C=O) groups excluding carboxylic acids is 1. The molecule has 0 aliphatic rings. The van der Waals surface area contributed by atoms with Crippen LogP contribution in [0.4, 0.5) is 4.39 Å². The van der Waals surface area contributed by atoms with Crippen molar-refractivity contribution in [3.8, 4) is 0 Å². The maximum atomic E-state index is 11.8. The van der Waals surface area contributed by atoms with E-state index in [-0.39, 0.29) is 6.61 Å². The molecule has 0 aliphatic carbocycles. The molecule has 0 bridgehead atoms. The van der Waals surface area contributed by atoms with E-state index in [4.69, 9.17) is 0 Å². The highest BCUT2D eigenvalue weighted by atomic mass is 19.1. The lowest BCUT2D eigenvalue weighted by molar-refractivity contribution is -0.140. The van der Waals surface area contributed by atoms with Crippen LogP contribution >= 0.6 is 0 Å². The van der Waals surface area contributed by atoms with E-state index in [0.717, 1.165) is 0 Å². The molecule has 8 heavy (non-hydrogen) atoms. The van der Waals surface area contributed by atoms with Gasteiger partial charge in [-0.15, -0.1) is 0 Å². The Morgan fingerprint density at radius 3 is 2.62 bits per heavy atom. The van der Waals surface area contributed by atoms with Crippen LogP contribution in [0.3, 0.4) is 0 Å². The Morgan fingerprint density at radius 2 is 2.50 bits per heavy atom. The highest BCUT2D eigenvalue weighted by Gasteiger charge is 2.10. The van der Waals surface area contributed by atoms with E-state index < -0.39 is 12.3 Å². The van der Waals surface area contributed by atoms with Crippen molar-refractivity contribution < 1.29 is 13.9 Å². The van der Waals surface area contributed by atoms with Crippen molar-refractivity contribution in [1.29, 1.82) is 0 Å². The van der Waals surface area contributed by atoms with Crippen molar-refractivity contribution in [1.82, 2.24) is 0 Å². The summed E-state index contributed by atoms with van der Waals surface area (Å²) < 4.78 is 16.0. The average molecular weight is 121 g/mol. The molecule has 0 saturated heterocycles. The van der Waals surface area contributed by atoms with Crippen LogP contribution in [0.2, 0.25) is 0 Å². The Bertz CT molecular complexity index is 86.1. The second-order valence-corrected chi connectivity index (χ2v) is 1.17. The van der Waals surface area contributed by atoms with Gasteiger partial charge in [-0.05, 0) is 6.92 Å². The predicted molar refractivity (Wildman–Crippen MR) is 25.7 cm³/mol. The number of hydrogen-bond donors (Lipinski definition) is 1. The lowest BCUT2D eigenvalue weighted by Crippen LogP contribution is -2.26. The van der Waals surface area contributed by atoms with E-state index in [0.29, 0.717) is 0 Å². The molecule has 0 saturated carbocycles. The monoisotopic (exact) mass is 121 g/mol. The summed E-state index contributed by atoms with van der Waals surface area (Å²) in [6.07, 6.45) is -1.94. The lowest BCUT2D eigenvalue weighted by Gasteiger charge is -2.00. The minimum atomic E-state index is -1.94. The Labute approximate surface area is 46.6 Å².